The quantitative estimate of drug-likeness (QED) is 0.643. The van der Waals surface area contributed by atoms with Crippen LogP contribution in [0, 0.1) is 5.41 Å². The van der Waals surface area contributed by atoms with Crippen LogP contribution in [0.25, 0.3) is 0 Å². The minimum absolute atomic E-state index is 0.00447. The number of hydrogen-bond acceptors (Lipinski definition) is 2. The van der Waals surface area contributed by atoms with Crippen LogP contribution in [0.5, 0.6) is 0 Å². The number of amides is 1. The summed E-state index contributed by atoms with van der Waals surface area (Å²) in [4.78, 5) is 25.4. The average molecular weight is 418 g/mol. The molecule has 0 radical (unpaired) electrons. The van der Waals surface area contributed by atoms with Gasteiger partial charge in [0.25, 0.3) is 0 Å². The molecule has 0 bridgehead atoms. The van der Waals surface area contributed by atoms with Crippen LogP contribution in [0.2, 0.25) is 5.02 Å². The van der Waals surface area contributed by atoms with Gasteiger partial charge in [0.2, 0.25) is 5.91 Å². The van der Waals surface area contributed by atoms with E-state index in [0.717, 1.165) is 54.7 Å². The number of carboxylic acid groups (broad SMARTS) is 1. The Morgan fingerprint density at radius 3 is 2.69 bits per heavy atom. The lowest BCUT2D eigenvalue weighted by Gasteiger charge is -2.45. The fourth-order valence-corrected chi connectivity index (χ4v) is 4.82. The number of aliphatic carboxylic acids is 1. The third kappa shape index (κ3) is 5.03. The Morgan fingerprint density at radius 1 is 1.28 bits per heavy atom. The van der Waals surface area contributed by atoms with Gasteiger partial charge in [0, 0.05) is 29.6 Å². The van der Waals surface area contributed by atoms with Crippen molar-refractivity contribution in [1.29, 1.82) is 0 Å². The standard InChI is InChI=1S/C24H32ClNO3/c1-23(2,3)12-9-17-7-8-18(14-20(17)25)24-11-5-4-6-19(24)16-26(21(27)15-24)13-10-22(28)29/h7-8,14,16H,4-6,9-13,15H2,1-3H3,(H,28,29). The maximum absolute atomic E-state index is 12.9. The van der Waals surface area contributed by atoms with Gasteiger partial charge in [-0.2, -0.15) is 0 Å². The topological polar surface area (TPSA) is 57.6 Å². The zero-order valence-electron chi connectivity index (χ0n) is 17.8. The van der Waals surface area contributed by atoms with Crippen LogP contribution in [0.1, 0.15) is 76.8 Å². The molecule has 1 N–H and O–H groups in total. The molecule has 4 nitrogen and oxygen atoms in total. The maximum Gasteiger partial charge on any atom is 0.305 e. The molecule has 0 saturated heterocycles. The highest BCUT2D eigenvalue weighted by atomic mass is 35.5. The fraction of sp³-hybridized carbons (Fsp3) is 0.583. The van der Waals surface area contributed by atoms with E-state index in [2.05, 4.69) is 39.0 Å². The number of halogens is 1. The highest BCUT2D eigenvalue weighted by molar-refractivity contribution is 6.31. The Morgan fingerprint density at radius 2 is 2.03 bits per heavy atom. The SMILES string of the molecule is CC(C)(C)CCc1ccc(C23CCCCC2=CN(CCC(=O)O)C(=O)C3)cc1Cl. The summed E-state index contributed by atoms with van der Waals surface area (Å²) in [6, 6.07) is 6.35. The normalized spacial score (nSPS) is 22.3. The lowest BCUT2D eigenvalue weighted by atomic mass is 9.63. The lowest BCUT2D eigenvalue weighted by molar-refractivity contribution is -0.138. The molecule has 1 aliphatic heterocycles. The first-order chi connectivity index (χ1) is 13.6. The molecule has 0 aromatic heterocycles. The molecule has 1 aliphatic carbocycles. The number of rotatable bonds is 6. The summed E-state index contributed by atoms with van der Waals surface area (Å²) < 4.78 is 0. The van der Waals surface area contributed by atoms with Crippen LogP contribution in [0.3, 0.4) is 0 Å². The number of carbonyl (C=O) groups excluding carboxylic acids is 1. The second kappa shape index (κ2) is 8.51. The molecule has 158 valence electrons. The van der Waals surface area contributed by atoms with Gasteiger partial charge in [0.05, 0.1) is 6.42 Å². The molecule has 2 aliphatic rings. The summed E-state index contributed by atoms with van der Waals surface area (Å²) in [5.74, 6) is -0.876. The van der Waals surface area contributed by atoms with Crippen molar-refractivity contribution in [3.8, 4) is 0 Å². The average Bonchev–Trinajstić information content (AvgIpc) is 2.64. The number of nitrogens with zero attached hydrogens (tertiary/aromatic N) is 1. The van der Waals surface area contributed by atoms with Crippen molar-refractivity contribution in [2.45, 2.75) is 77.6 Å². The van der Waals surface area contributed by atoms with Gasteiger partial charge in [-0.15, -0.1) is 0 Å². The zero-order chi connectivity index (χ0) is 21.2. The molecule has 29 heavy (non-hydrogen) atoms. The molecule has 1 aromatic rings. The van der Waals surface area contributed by atoms with E-state index in [1.165, 1.54) is 5.57 Å². The second-order valence-corrected chi connectivity index (χ2v) is 10.1. The first-order valence-corrected chi connectivity index (χ1v) is 11.0. The van der Waals surface area contributed by atoms with Gasteiger partial charge in [-0.1, -0.05) is 50.9 Å². The van der Waals surface area contributed by atoms with E-state index >= 15 is 0 Å². The van der Waals surface area contributed by atoms with Gasteiger partial charge in [-0.25, -0.2) is 0 Å². The Balaban J connectivity index is 1.89. The predicted octanol–water partition coefficient (Wildman–Crippen LogP) is 5.72. The van der Waals surface area contributed by atoms with Gasteiger partial charge in [0.1, 0.15) is 0 Å². The van der Waals surface area contributed by atoms with Gasteiger partial charge in [0.15, 0.2) is 0 Å². The summed E-state index contributed by atoms with van der Waals surface area (Å²) >= 11 is 6.67. The van der Waals surface area contributed by atoms with E-state index in [4.69, 9.17) is 16.7 Å². The van der Waals surface area contributed by atoms with Crippen molar-refractivity contribution in [3.63, 3.8) is 0 Å². The second-order valence-electron chi connectivity index (χ2n) is 9.72. The van der Waals surface area contributed by atoms with Crippen LogP contribution in [0.4, 0.5) is 0 Å². The molecule has 5 heteroatoms. The minimum Gasteiger partial charge on any atom is -0.481 e. The number of benzene rings is 1. The monoisotopic (exact) mass is 417 g/mol. The smallest absolute Gasteiger partial charge is 0.305 e. The number of aryl methyl sites for hydroxylation is 1. The van der Waals surface area contributed by atoms with Crippen molar-refractivity contribution >= 4 is 23.5 Å². The Kier molecular flexibility index (Phi) is 6.42. The minimum atomic E-state index is -0.880. The van der Waals surface area contributed by atoms with Crippen LogP contribution in [-0.2, 0) is 21.4 Å². The van der Waals surface area contributed by atoms with Crippen LogP contribution >= 0.6 is 11.6 Å². The summed E-state index contributed by atoms with van der Waals surface area (Å²) in [7, 11) is 0. The summed E-state index contributed by atoms with van der Waals surface area (Å²) in [6.07, 6.45) is 8.38. The van der Waals surface area contributed by atoms with Crippen molar-refractivity contribution < 1.29 is 14.7 Å². The highest BCUT2D eigenvalue weighted by Crippen LogP contribution is 2.49. The Hall–Kier alpha value is -1.81. The molecular weight excluding hydrogens is 386 g/mol. The van der Waals surface area contributed by atoms with E-state index in [0.29, 0.717) is 6.42 Å². The third-order valence-corrected chi connectivity index (χ3v) is 6.67. The number of allylic oxidation sites excluding steroid dienone is 1. The fourth-order valence-electron chi connectivity index (χ4n) is 4.55. The molecular formula is C24H32ClNO3. The molecule has 1 saturated carbocycles. The van der Waals surface area contributed by atoms with Crippen LogP contribution in [-0.4, -0.2) is 28.4 Å². The first kappa shape index (κ1) is 21.9. The molecule has 1 amide bonds. The number of carboxylic acids is 1. The van der Waals surface area contributed by atoms with Crippen LogP contribution in [0.15, 0.2) is 30.0 Å². The number of fused-ring (bicyclic) bond motifs is 1. The Bertz CT molecular complexity index is 824. The van der Waals surface area contributed by atoms with E-state index in [1.807, 2.05) is 6.20 Å². The van der Waals surface area contributed by atoms with Crippen molar-refractivity contribution in [3.05, 3.63) is 46.1 Å². The Labute approximate surface area is 178 Å². The van der Waals surface area contributed by atoms with E-state index in [9.17, 15) is 9.59 Å². The van der Waals surface area contributed by atoms with Gasteiger partial charge < -0.3 is 10.0 Å². The summed E-state index contributed by atoms with van der Waals surface area (Å²) in [5, 5.41) is 9.75. The third-order valence-electron chi connectivity index (χ3n) is 6.32. The number of hydrogen-bond donors (Lipinski definition) is 1. The summed E-state index contributed by atoms with van der Waals surface area (Å²) in [6.45, 7) is 6.94. The molecule has 1 fully saturated rings. The van der Waals surface area contributed by atoms with E-state index in [-0.39, 0.29) is 29.7 Å². The summed E-state index contributed by atoms with van der Waals surface area (Å²) in [5.41, 5.74) is 3.50. The molecule has 1 atom stereocenters. The largest absolute Gasteiger partial charge is 0.481 e. The maximum atomic E-state index is 12.9. The zero-order valence-corrected chi connectivity index (χ0v) is 18.5. The van der Waals surface area contributed by atoms with Gasteiger partial charge in [-0.05, 0) is 60.3 Å². The van der Waals surface area contributed by atoms with E-state index in [1.54, 1.807) is 4.90 Å². The van der Waals surface area contributed by atoms with Crippen LogP contribution < -0.4 is 0 Å². The number of carbonyl (C=O) groups is 2. The van der Waals surface area contributed by atoms with Gasteiger partial charge >= 0.3 is 5.97 Å². The van der Waals surface area contributed by atoms with Crippen molar-refractivity contribution in [1.82, 2.24) is 4.90 Å². The molecule has 1 heterocycles. The lowest BCUT2D eigenvalue weighted by Crippen LogP contribution is -2.44. The predicted molar refractivity (Wildman–Crippen MR) is 116 cm³/mol. The first-order valence-electron chi connectivity index (χ1n) is 10.6. The van der Waals surface area contributed by atoms with E-state index < -0.39 is 5.97 Å². The molecule has 1 aromatic carbocycles. The van der Waals surface area contributed by atoms with Crippen molar-refractivity contribution in [2.24, 2.45) is 5.41 Å². The molecule has 3 rings (SSSR count). The van der Waals surface area contributed by atoms with Gasteiger partial charge in [-0.3, -0.25) is 9.59 Å². The molecule has 0 spiro atoms. The molecule has 1 unspecified atom stereocenters. The highest BCUT2D eigenvalue weighted by Gasteiger charge is 2.44. The van der Waals surface area contributed by atoms with Crippen molar-refractivity contribution in [2.75, 3.05) is 6.54 Å².